The molecule has 5 nitrogen and oxygen atoms in total. The number of aryl methyl sites for hydroxylation is 1. The largest absolute Gasteiger partial charge is 0.391 e. The van der Waals surface area contributed by atoms with Crippen molar-refractivity contribution in [3.63, 3.8) is 0 Å². The molecular formula is C10H17NO4S2. The first kappa shape index (κ1) is 14.6. The minimum Gasteiger partial charge on any atom is -0.391 e. The molecule has 0 aromatic carbocycles. The number of sulfonamides is 1. The Hall–Kier alpha value is -0.470. The molecule has 0 fully saturated rings. The van der Waals surface area contributed by atoms with E-state index in [4.69, 9.17) is 9.84 Å². The van der Waals surface area contributed by atoms with Crippen molar-refractivity contribution in [1.82, 2.24) is 4.31 Å². The summed E-state index contributed by atoms with van der Waals surface area (Å²) < 4.78 is 30.6. The molecule has 0 radical (unpaired) electrons. The predicted molar refractivity (Wildman–Crippen MR) is 66.7 cm³/mol. The normalized spacial score (nSPS) is 12.3. The zero-order chi connectivity index (χ0) is 13.1. The van der Waals surface area contributed by atoms with E-state index in [0.29, 0.717) is 18.0 Å². The molecule has 1 aromatic heterocycles. The number of hydrogen-bond acceptors (Lipinski definition) is 5. The molecule has 0 bridgehead atoms. The third kappa shape index (κ3) is 3.26. The molecule has 0 aliphatic heterocycles. The highest BCUT2D eigenvalue weighted by Gasteiger charge is 2.23. The van der Waals surface area contributed by atoms with E-state index in [1.165, 1.54) is 18.5 Å². The van der Waals surface area contributed by atoms with Crippen LogP contribution in [0.5, 0.6) is 0 Å². The van der Waals surface area contributed by atoms with Crippen LogP contribution in [0.2, 0.25) is 0 Å². The van der Waals surface area contributed by atoms with Gasteiger partial charge in [-0.25, -0.2) is 8.42 Å². The van der Waals surface area contributed by atoms with E-state index in [-0.39, 0.29) is 10.8 Å². The van der Waals surface area contributed by atoms with Crippen LogP contribution in [0.25, 0.3) is 0 Å². The van der Waals surface area contributed by atoms with Gasteiger partial charge >= 0.3 is 0 Å². The lowest BCUT2D eigenvalue weighted by Crippen LogP contribution is -2.29. The van der Waals surface area contributed by atoms with Crippen molar-refractivity contribution >= 4 is 21.4 Å². The van der Waals surface area contributed by atoms with Crippen molar-refractivity contribution in [2.24, 2.45) is 0 Å². The summed E-state index contributed by atoms with van der Waals surface area (Å²) in [4.78, 5) is 0.684. The second kappa shape index (κ2) is 5.92. The van der Waals surface area contributed by atoms with Crippen LogP contribution in [0, 0.1) is 6.92 Å². The second-order valence-corrected chi connectivity index (χ2v) is 7.06. The molecule has 0 unspecified atom stereocenters. The number of hydrogen-bond donors (Lipinski definition) is 1. The number of aliphatic hydroxyl groups is 1. The molecule has 0 amide bonds. The minimum absolute atomic E-state index is 0.131. The maximum Gasteiger partial charge on any atom is 0.252 e. The van der Waals surface area contributed by atoms with E-state index in [2.05, 4.69) is 0 Å². The number of likely N-dealkylation sites (N-methyl/N-ethyl adjacent to an activating group) is 1. The first-order valence-electron chi connectivity index (χ1n) is 5.09. The number of ether oxygens (including phenoxy) is 1. The van der Waals surface area contributed by atoms with Crippen molar-refractivity contribution < 1.29 is 18.3 Å². The molecule has 0 saturated carbocycles. The zero-order valence-electron chi connectivity index (χ0n) is 10.1. The standard InChI is InChI=1S/C10H17NO4S2/c1-8-6-10(16-9(8)7-12)17(13,14)11(2)4-5-15-3/h6,12H,4-5,7H2,1-3H3. The molecule has 0 aliphatic carbocycles. The van der Waals surface area contributed by atoms with Gasteiger partial charge in [-0.3, -0.25) is 0 Å². The summed E-state index contributed by atoms with van der Waals surface area (Å²) in [6.45, 7) is 2.32. The van der Waals surface area contributed by atoms with E-state index in [0.717, 1.165) is 16.9 Å². The van der Waals surface area contributed by atoms with Crippen LogP contribution in [-0.4, -0.2) is 45.1 Å². The molecule has 0 saturated heterocycles. The Labute approximate surface area is 106 Å². The van der Waals surface area contributed by atoms with Crippen LogP contribution in [-0.2, 0) is 21.4 Å². The molecular weight excluding hydrogens is 262 g/mol. The van der Waals surface area contributed by atoms with Gasteiger partial charge in [-0.05, 0) is 18.6 Å². The maximum atomic E-state index is 12.1. The summed E-state index contributed by atoms with van der Waals surface area (Å²) in [7, 11) is -0.419. The fraction of sp³-hybridized carbons (Fsp3) is 0.600. The van der Waals surface area contributed by atoms with Gasteiger partial charge in [0.1, 0.15) is 4.21 Å². The Kier molecular flexibility index (Phi) is 5.08. The van der Waals surface area contributed by atoms with Gasteiger partial charge in [0.2, 0.25) is 0 Å². The Morgan fingerprint density at radius 3 is 2.65 bits per heavy atom. The smallest absolute Gasteiger partial charge is 0.252 e. The van der Waals surface area contributed by atoms with Gasteiger partial charge in [-0.15, -0.1) is 11.3 Å². The van der Waals surface area contributed by atoms with Gasteiger partial charge in [0.05, 0.1) is 13.2 Å². The van der Waals surface area contributed by atoms with Crippen molar-refractivity contribution in [3.05, 3.63) is 16.5 Å². The van der Waals surface area contributed by atoms with Gasteiger partial charge in [0.25, 0.3) is 10.0 Å². The quantitative estimate of drug-likeness (QED) is 0.837. The average Bonchev–Trinajstić information content (AvgIpc) is 2.67. The third-order valence-corrected chi connectivity index (χ3v) is 5.94. The molecule has 7 heteroatoms. The van der Waals surface area contributed by atoms with Crippen LogP contribution in [0.3, 0.4) is 0 Å². The van der Waals surface area contributed by atoms with E-state index in [1.54, 1.807) is 13.0 Å². The van der Waals surface area contributed by atoms with E-state index < -0.39 is 10.0 Å². The molecule has 0 atom stereocenters. The molecule has 1 rings (SSSR count). The summed E-state index contributed by atoms with van der Waals surface area (Å²) in [5.74, 6) is 0. The van der Waals surface area contributed by atoms with Crippen molar-refractivity contribution in [2.75, 3.05) is 27.3 Å². The number of thiophene rings is 1. The van der Waals surface area contributed by atoms with Crippen molar-refractivity contribution in [3.8, 4) is 0 Å². The lowest BCUT2D eigenvalue weighted by molar-refractivity contribution is 0.185. The summed E-state index contributed by atoms with van der Waals surface area (Å²) in [6, 6.07) is 1.59. The second-order valence-electron chi connectivity index (χ2n) is 3.65. The monoisotopic (exact) mass is 279 g/mol. The summed E-state index contributed by atoms with van der Waals surface area (Å²) >= 11 is 1.11. The van der Waals surface area contributed by atoms with Crippen molar-refractivity contribution in [2.45, 2.75) is 17.7 Å². The Morgan fingerprint density at radius 1 is 1.53 bits per heavy atom. The predicted octanol–water partition coefficient (Wildman–Crippen LogP) is 0.816. The van der Waals surface area contributed by atoms with E-state index >= 15 is 0 Å². The zero-order valence-corrected chi connectivity index (χ0v) is 11.8. The number of rotatable bonds is 6. The lowest BCUT2D eigenvalue weighted by atomic mass is 10.3. The van der Waals surface area contributed by atoms with Crippen molar-refractivity contribution in [1.29, 1.82) is 0 Å². The molecule has 1 aromatic rings. The van der Waals surface area contributed by atoms with Crippen LogP contribution in [0.4, 0.5) is 0 Å². The fourth-order valence-electron chi connectivity index (χ4n) is 1.27. The number of aliphatic hydroxyl groups excluding tert-OH is 1. The Balaban J connectivity index is 2.96. The first-order chi connectivity index (χ1) is 7.93. The minimum atomic E-state index is -3.46. The highest BCUT2D eigenvalue weighted by Crippen LogP contribution is 2.27. The molecule has 1 N–H and O–H groups in total. The van der Waals surface area contributed by atoms with Gasteiger partial charge in [-0.2, -0.15) is 4.31 Å². The highest BCUT2D eigenvalue weighted by atomic mass is 32.2. The summed E-state index contributed by atoms with van der Waals surface area (Å²) in [5, 5.41) is 9.06. The third-order valence-electron chi connectivity index (χ3n) is 2.42. The van der Waals surface area contributed by atoms with Crippen LogP contribution < -0.4 is 0 Å². The summed E-state index contributed by atoms with van der Waals surface area (Å²) in [5.41, 5.74) is 0.802. The first-order valence-corrected chi connectivity index (χ1v) is 7.34. The van der Waals surface area contributed by atoms with Crippen LogP contribution >= 0.6 is 11.3 Å². The van der Waals surface area contributed by atoms with Gasteiger partial charge in [-0.1, -0.05) is 0 Å². The van der Waals surface area contributed by atoms with Gasteiger partial charge < -0.3 is 9.84 Å². The Morgan fingerprint density at radius 2 is 2.18 bits per heavy atom. The highest BCUT2D eigenvalue weighted by molar-refractivity contribution is 7.91. The number of nitrogens with zero attached hydrogens (tertiary/aromatic N) is 1. The number of methoxy groups -OCH3 is 1. The Bertz CT molecular complexity index is 467. The maximum absolute atomic E-state index is 12.1. The van der Waals surface area contributed by atoms with Crippen LogP contribution in [0.15, 0.2) is 10.3 Å². The fourth-order valence-corrected chi connectivity index (χ4v) is 4.08. The molecule has 0 spiro atoms. The van der Waals surface area contributed by atoms with E-state index in [9.17, 15) is 8.42 Å². The SMILES string of the molecule is COCCN(C)S(=O)(=O)c1cc(C)c(CO)s1. The molecule has 0 aliphatic rings. The molecule has 17 heavy (non-hydrogen) atoms. The lowest BCUT2D eigenvalue weighted by Gasteiger charge is -2.15. The van der Waals surface area contributed by atoms with Gasteiger partial charge in [0, 0.05) is 25.6 Å². The van der Waals surface area contributed by atoms with Crippen LogP contribution in [0.1, 0.15) is 10.4 Å². The van der Waals surface area contributed by atoms with Gasteiger partial charge in [0.15, 0.2) is 0 Å². The summed E-state index contributed by atoms with van der Waals surface area (Å²) in [6.07, 6.45) is 0. The molecule has 98 valence electrons. The topological polar surface area (TPSA) is 66.8 Å². The molecule has 1 heterocycles. The van der Waals surface area contributed by atoms with E-state index in [1.807, 2.05) is 0 Å². The average molecular weight is 279 g/mol.